The second kappa shape index (κ2) is 9.77. The minimum absolute atomic E-state index is 0.0882. The molecule has 0 atom stereocenters. The Hall–Kier alpha value is -2.03. The second-order valence-corrected chi connectivity index (χ2v) is 8.73. The number of aromatic nitrogens is 1. The normalized spacial score (nSPS) is 10.7. The molecule has 0 bridgehead atoms. The minimum atomic E-state index is -0.267. The molecule has 8 heteroatoms. The van der Waals surface area contributed by atoms with Crippen molar-refractivity contribution in [2.75, 3.05) is 12.3 Å². The lowest BCUT2D eigenvalue weighted by molar-refractivity contribution is -0.120. The Kier molecular flexibility index (Phi) is 7.14. The van der Waals surface area contributed by atoms with E-state index in [9.17, 15) is 14.0 Å². The number of thiophene rings is 1. The van der Waals surface area contributed by atoms with Crippen LogP contribution in [0.1, 0.15) is 20.9 Å². The van der Waals surface area contributed by atoms with E-state index in [1.807, 2.05) is 22.9 Å². The van der Waals surface area contributed by atoms with E-state index in [2.05, 4.69) is 10.3 Å². The van der Waals surface area contributed by atoms with E-state index in [4.69, 9.17) is 0 Å². The molecular weight excluding hydrogens is 403 g/mol. The topological polar surface area (TPSA) is 59.1 Å². The van der Waals surface area contributed by atoms with Gasteiger partial charge in [-0.25, -0.2) is 9.37 Å². The maximum absolute atomic E-state index is 12.9. The summed E-state index contributed by atoms with van der Waals surface area (Å²) in [6.07, 6.45) is 0.856. The SMILES string of the molecule is O=C(Cc1csc(SCC(=O)c2cccs2)n1)NCCc1ccc(F)cc1. The average Bonchev–Trinajstić information content (AvgIpc) is 3.33. The molecule has 3 aromatic rings. The number of thiazole rings is 1. The number of nitrogens with one attached hydrogen (secondary N) is 1. The van der Waals surface area contributed by atoms with E-state index in [0.29, 0.717) is 24.4 Å². The van der Waals surface area contributed by atoms with Gasteiger partial charge in [-0.3, -0.25) is 9.59 Å². The van der Waals surface area contributed by atoms with Gasteiger partial charge in [0.1, 0.15) is 5.82 Å². The molecule has 1 amide bonds. The van der Waals surface area contributed by atoms with Crippen LogP contribution in [0, 0.1) is 5.82 Å². The largest absolute Gasteiger partial charge is 0.355 e. The van der Waals surface area contributed by atoms with Crippen molar-refractivity contribution in [3.05, 3.63) is 69.1 Å². The summed E-state index contributed by atoms with van der Waals surface area (Å²) in [6, 6.07) is 9.92. The van der Waals surface area contributed by atoms with Crippen LogP contribution in [0.25, 0.3) is 0 Å². The molecule has 140 valence electrons. The summed E-state index contributed by atoms with van der Waals surface area (Å²) < 4.78 is 13.6. The van der Waals surface area contributed by atoms with E-state index < -0.39 is 0 Å². The molecule has 0 radical (unpaired) electrons. The molecule has 3 rings (SSSR count). The van der Waals surface area contributed by atoms with Gasteiger partial charge < -0.3 is 5.32 Å². The van der Waals surface area contributed by atoms with Crippen molar-refractivity contribution in [3.63, 3.8) is 0 Å². The summed E-state index contributed by atoms with van der Waals surface area (Å²) >= 11 is 4.27. The first-order valence-corrected chi connectivity index (χ1v) is 11.0. The molecule has 27 heavy (non-hydrogen) atoms. The van der Waals surface area contributed by atoms with Crippen molar-refractivity contribution in [1.82, 2.24) is 10.3 Å². The van der Waals surface area contributed by atoms with Gasteiger partial charge in [-0.15, -0.1) is 22.7 Å². The number of hydrogen-bond donors (Lipinski definition) is 1. The van der Waals surface area contributed by atoms with Crippen LogP contribution in [0.4, 0.5) is 4.39 Å². The number of rotatable bonds is 9. The van der Waals surface area contributed by atoms with Gasteiger partial charge in [-0.2, -0.15) is 0 Å². The van der Waals surface area contributed by atoms with Crippen LogP contribution in [0.15, 0.2) is 51.5 Å². The minimum Gasteiger partial charge on any atom is -0.355 e. The molecule has 0 fully saturated rings. The van der Waals surface area contributed by atoms with Crippen LogP contribution in [-0.4, -0.2) is 29.0 Å². The Morgan fingerprint density at radius 3 is 2.70 bits per heavy atom. The first kappa shape index (κ1) is 19.7. The summed E-state index contributed by atoms with van der Waals surface area (Å²) in [5, 5.41) is 6.57. The number of amides is 1. The molecule has 0 aliphatic heterocycles. The standard InChI is InChI=1S/C19H17FN2O2S3/c20-14-5-3-13(4-6-14)7-8-21-18(24)10-15-11-26-19(22-15)27-12-16(23)17-2-1-9-25-17/h1-6,9,11H,7-8,10,12H2,(H,21,24). The summed E-state index contributed by atoms with van der Waals surface area (Å²) in [7, 11) is 0. The Bertz CT molecular complexity index is 892. The monoisotopic (exact) mass is 420 g/mol. The smallest absolute Gasteiger partial charge is 0.226 e. The van der Waals surface area contributed by atoms with E-state index >= 15 is 0 Å². The van der Waals surface area contributed by atoms with Crippen molar-refractivity contribution >= 4 is 46.1 Å². The summed E-state index contributed by atoms with van der Waals surface area (Å²) in [4.78, 5) is 29.2. The molecule has 2 heterocycles. The predicted molar refractivity (Wildman–Crippen MR) is 108 cm³/mol. The molecule has 0 aliphatic rings. The van der Waals surface area contributed by atoms with Crippen molar-refractivity contribution < 1.29 is 14.0 Å². The quantitative estimate of drug-likeness (QED) is 0.416. The molecule has 0 aliphatic carbocycles. The number of hydrogen-bond acceptors (Lipinski definition) is 6. The molecule has 1 N–H and O–H groups in total. The molecule has 0 spiro atoms. The molecule has 4 nitrogen and oxygen atoms in total. The van der Waals surface area contributed by atoms with Crippen LogP contribution >= 0.6 is 34.4 Å². The first-order chi connectivity index (χ1) is 13.1. The maximum Gasteiger partial charge on any atom is 0.226 e. The van der Waals surface area contributed by atoms with Gasteiger partial charge in [0.25, 0.3) is 0 Å². The lowest BCUT2D eigenvalue weighted by Gasteiger charge is -2.04. The number of Topliss-reactive ketones (excluding diaryl/α,β-unsaturated/α-hetero) is 1. The van der Waals surface area contributed by atoms with Crippen LogP contribution in [-0.2, 0) is 17.6 Å². The van der Waals surface area contributed by atoms with Gasteiger partial charge in [0.2, 0.25) is 5.91 Å². The van der Waals surface area contributed by atoms with Crippen LogP contribution in [0.5, 0.6) is 0 Å². The van der Waals surface area contributed by atoms with Gasteiger partial charge in [0.05, 0.1) is 22.7 Å². The number of carbonyl (C=O) groups excluding carboxylic acids is 2. The van der Waals surface area contributed by atoms with Crippen LogP contribution in [0.2, 0.25) is 0 Å². The van der Waals surface area contributed by atoms with Gasteiger partial charge >= 0.3 is 0 Å². The van der Waals surface area contributed by atoms with Gasteiger partial charge in [-0.05, 0) is 35.6 Å². The van der Waals surface area contributed by atoms with E-state index in [-0.39, 0.29) is 23.9 Å². The van der Waals surface area contributed by atoms with Gasteiger partial charge in [0.15, 0.2) is 10.1 Å². The highest BCUT2D eigenvalue weighted by atomic mass is 32.2. The highest BCUT2D eigenvalue weighted by molar-refractivity contribution is 8.01. The zero-order valence-corrected chi connectivity index (χ0v) is 16.8. The van der Waals surface area contributed by atoms with E-state index in [1.165, 1.54) is 46.6 Å². The Balaban J connectivity index is 1.39. The third-order valence-corrected chi connectivity index (χ3v) is 6.62. The Morgan fingerprint density at radius 2 is 1.96 bits per heavy atom. The molecule has 1 aromatic carbocycles. The number of carbonyl (C=O) groups is 2. The van der Waals surface area contributed by atoms with Gasteiger partial charge in [0, 0.05) is 11.9 Å². The lowest BCUT2D eigenvalue weighted by atomic mass is 10.1. The third kappa shape index (κ3) is 6.27. The highest BCUT2D eigenvalue weighted by Crippen LogP contribution is 2.24. The zero-order chi connectivity index (χ0) is 19.1. The zero-order valence-electron chi connectivity index (χ0n) is 14.3. The summed E-state index contributed by atoms with van der Waals surface area (Å²) in [5.74, 6) is 0.0631. The number of nitrogens with zero attached hydrogens (tertiary/aromatic N) is 1. The summed E-state index contributed by atoms with van der Waals surface area (Å²) in [5.41, 5.74) is 1.67. The maximum atomic E-state index is 12.9. The lowest BCUT2D eigenvalue weighted by Crippen LogP contribution is -2.27. The fourth-order valence-electron chi connectivity index (χ4n) is 2.30. The van der Waals surface area contributed by atoms with Crippen LogP contribution < -0.4 is 5.32 Å². The number of ketones is 1. The van der Waals surface area contributed by atoms with Crippen molar-refractivity contribution in [2.24, 2.45) is 0 Å². The molecule has 0 saturated carbocycles. The van der Waals surface area contributed by atoms with Crippen molar-refractivity contribution in [2.45, 2.75) is 17.2 Å². The van der Waals surface area contributed by atoms with E-state index in [1.54, 1.807) is 12.1 Å². The number of halogens is 1. The molecule has 0 unspecified atom stereocenters. The van der Waals surface area contributed by atoms with Crippen molar-refractivity contribution in [1.29, 1.82) is 0 Å². The predicted octanol–water partition coefficient (Wildman–Crippen LogP) is 4.22. The van der Waals surface area contributed by atoms with E-state index in [0.717, 1.165) is 14.8 Å². The van der Waals surface area contributed by atoms with Crippen molar-refractivity contribution in [3.8, 4) is 0 Å². The average molecular weight is 421 g/mol. The third-order valence-electron chi connectivity index (χ3n) is 3.64. The summed E-state index contributed by atoms with van der Waals surface area (Å²) in [6.45, 7) is 0.492. The number of benzene rings is 1. The Morgan fingerprint density at radius 1 is 1.15 bits per heavy atom. The molecular formula is C19H17FN2O2S3. The van der Waals surface area contributed by atoms with Gasteiger partial charge in [-0.1, -0.05) is 30.0 Å². The fraction of sp³-hybridized carbons (Fsp3) is 0.211. The fourth-order valence-corrected chi connectivity index (χ4v) is 4.78. The van der Waals surface area contributed by atoms with Crippen LogP contribution in [0.3, 0.4) is 0 Å². The molecule has 0 saturated heterocycles. The first-order valence-electron chi connectivity index (χ1n) is 8.25. The molecule has 2 aromatic heterocycles. The Labute approximate surface area is 168 Å². The second-order valence-electron chi connectivity index (χ2n) is 5.70. The highest BCUT2D eigenvalue weighted by Gasteiger charge is 2.11. The number of thioether (sulfide) groups is 1.